The van der Waals surface area contributed by atoms with Crippen LogP contribution in [0.4, 0.5) is 0 Å². The SMILES string of the molecule is CC[C@H](C)[C@@H]([C@@H](CC(=O)N1CCC[C@H]1[C@H](OC)[C@@H](C)C(=O)C[C@@H](Cc1ccccc1)C(=O)NC(C)(C)C)OC)N(C)C(=O)[C@@H](CC(=O)C(C)(C)NC)C(C)C. The molecule has 8 atom stereocenters. The third kappa shape index (κ3) is 13.5. The van der Waals surface area contributed by atoms with E-state index in [9.17, 15) is 24.0 Å². The van der Waals surface area contributed by atoms with E-state index in [0.29, 0.717) is 19.4 Å². The van der Waals surface area contributed by atoms with Crippen LogP contribution < -0.4 is 10.6 Å². The molecule has 1 heterocycles. The van der Waals surface area contributed by atoms with Gasteiger partial charge in [0, 0.05) is 63.9 Å². The van der Waals surface area contributed by atoms with Crippen molar-refractivity contribution in [1.29, 1.82) is 0 Å². The minimum atomic E-state index is -0.761. The molecule has 55 heavy (non-hydrogen) atoms. The largest absolute Gasteiger partial charge is 0.379 e. The summed E-state index contributed by atoms with van der Waals surface area (Å²) in [6, 6.07) is 8.96. The summed E-state index contributed by atoms with van der Waals surface area (Å²) in [7, 11) is 6.66. The van der Waals surface area contributed by atoms with Gasteiger partial charge in [0.05, 0.1) is 36.3 Å². The van der Waals surface area contributed by atoms with E-state index in [4.69, 9.17) is 9.47 Å². The minimum absolute atomic E-state index is 0.00187. The molecule has 0 aliphatic carbocycles. The first kappa shape index (κ1) is 48.0. The summed E-state index contributed by atoms with van der Waals surface area (Å²) in [5, 5.41) is 6.12. The molecule has 0 saturated carbocycles. The molecule has 1 saturated heterocycles. The number of carbonyl (C=O) groups excluding carboxylic acids is 5. The van der Waals surface area contributed by atoms with Crippen molar-refractivity contribution in [2.24, 2.45) is 29.6 Å². The second-order valence-electron chi connectivity index (χ2n) is 17.7. The number of hydrogen-bond donors (Lipinski definition) is 2. The Labute approximate surface area is 332 Å². The number of nitrogens with one attached hydrogen (secondary N) is 2. The van der Waals surface area contributed by atoms with Crippen molar-refractivity contribution >= 4 is 29.3 Å². The Morgan fingerprint density at radius 1 is 0.927 bits per heavy atom. The van der Waals surface area contributed by atoms with Crippen LogP contribution in [0.3, 0.4) is 0 Å². The van der Waals surface area contributed by atoms with Crippen molar-refractivity contribution < 1.29 is 33.4 Å². The van der Waals surface area contributed by atoms with Gasteiger partial charge in [-0.3, -0.25) is 24.0 Å². The fraction of sp³-hybridized carbons (Fsp3) is 0.750. The van der Waals surface area contributed by atoms with Crippen molar-refractivity contribution in [3.05, 3.63) is 35.9 Å². The predicted molar refractivity (Wildman–Crippen MR) is 218 cm³/mol. The highest BCUT2D eigenvalue weighted by Gasteiger charge is 2.43. The van der Waals surface area contributed by atoms with E-state index >= 15 is 0 Å². The molecule has 0 bridgehead atoms. The number of Topliss-reactive ketones (excluding diaryl/α,β-unsaturated/α-hetero) is 2. The van der Waals surface area contributed by atoms with E-state index in [1.807, 2.05) is 90.6 Å². The van der Waals surface area contributed by atoms with E-state index in [2.05, 4.69) is 24.5 Å². The second kappa shape index (κ2) is 21.4. The van der Waals surface area contributed by atoms with E-state index in [0.717, 1.165) is 18.4 Å². The van der Waals surface area contributed by atoms with Crippen LogP contribution >= 0.6 is 0 Å². The van der Waals surface area contributed by atoms with Crippen LogP contribution in [-0.4, -0.2) is 109 Å². The van der Waals surface area contributed by atoms with E-state index in [1.165, 1.54) is 0 Å². The molecule has 1 aliphatic heterocycles. The Morgan fingerprint density at radius 3 is 2.05 bits per heavy atom. The molecule has 1 fully saturated rings. The van der Waals surface area contributed by atoms with Crippen LogP contribution in [0, 0.1) is 29.6 Å². The van der Waals surface area contributed by atoms with Crippen molar-refractivity contribution in [2.75, 3.05) is 34.9 Å². The molecular weight excluding hydrogens is 697 g/mol. The first-order valence-corrected chi connectivity index (χ1v) is 20.4. The molecule has 1 aliphatic rings. The average molecular weight is 771 g/mol. The Morgan fingerprint density at radius 2 is 1.55 bits per heavy atom. The Bertz CT molecular complexity index is 1410. The van der Waals surface area contributed by atoms with Crippen LogP contribution in [0.25, 0.3) is 0 Å². The standard InChI is InChI=1S/C44H74N4O7/c1-15-29(4)39(47(12)42(53)33(28(2)3)26-37(50)44(9,10)45-11)36(54-13)27-38(51)48-23-19-22-34(48)40(55-14)30(5)35(49)25-32(41(52)46-43(6,7)8)24-31-20-17-16-18-21-31/h16-18,20-21,28-30,32-34,36,39-40,45H,15,19,22-27H2,1-14H3,(H,46,52)/t29-,30-,32+,33-,34-,36+,39-,40+/m0/s1. The molecule has 2 N–H and O–H groups in total. The molecule has 0 unspecified atom stereocenters. The van der Waals surface area contributed by atoms with Gasteiger partial charge in [-0.15, -0.1) is 0 Å². The number of rotatable bonds is 22. The Balaban J connectivity index is 2.31. The van der Waals surface area contributed by atoms with Gasteiger partial charge in [-0.2, -0.15) is 0 Å². The molecular formula is C44H74N4O7. The highest BCUT2D eigenvalue weighted by molar-refractivity contribution is 5.92. The quantitative estimate of drug-likeness (QED) is 0.150. The van der Waals surface area contributed by atoms with E-state index < -0.39 is 47.1 Å². The highest BCUT2D eigenvalue weighted by atomic mass is 16.5. The van der Waals surface area contributed by atoms with Crippen molar-refractivity contribution in [3.63, 3.8) is 0 Å². The lowest BCUT2D eigenvalue weighted by Gasteiger charge is -2.41. The molecule has 1 aromatic carbocycles. The molecule has 0 aromatic heterocycles. The van der Waals surface area contributed by atoms with Gasteiger partial charge in [0.1, 0.15) is 5.78 Å². The van der Waals surface area contributed by atoms with E-state index in [-0.39, 0.29) is 66.4 Å². The summed E-state index contributed by atoms with van der Waals surface area (Å²) < 4.78 is 12.1. The maximum atomic E-state index is 14.3. The van der Waals surface area contributed by atoms with Crippen molar-refractivity contribution in [3.8, 4) is 0 Å². The van der Waals surface area contributed by atoms with Crippen LogP contribution in [0.1, 0.15) is 113 Å². The number of likely N-dealkylation sites (N-methyl/N-ethyl adjacent to an activating group) is 2. The summed E-state index contributed by atoms with van der Waals surface area (Å²) in [6.07, 6.45) is 1.67. The van der Waals surface area contributed by atoms with Crippen LogP contribution in [0.5, 0.6) is 0 Å². The number of amides is 3. The van der Waals surface area contributed by atoms with Gasteiger partial charge in [0.25, 0.3) is 0 Å². The number of ketones is 2. The van der Waals surface area contributed by atoms with Crippen molar-refractivity contribution in [1.82, 2.24) is 20.4 Å². The van der Waals surface area contributed by atoms with Crippen LogP contribution in [-0.2, 0) is 39.9 Å². The van der Waals surface area contributed by atoms with E-state index in [1.54, 1.807) is 33.2 Å². The first-order valence-electron chi connectivity index (χ1n) is 20.4. The zero-order chi connectivity index (χ0) is 41.8. The van der Waals surface area contributed by atoms with Gasteiger partial charge < -0.3 is 29.9 Å². The lowest BCUT2D eigenvalue weighted by molar-refractivity contribution is -0.149. The zero-order valence-electron chi connectivity index (χ0n) is 36.5. The molecule has 1 aromatic rings. The third-order valence-electron chi connectivity index (χ3n) is 11.8. The summed E-state index contributed by atoms with van der Waals surface area (Å²) in [6.45, 7) is 19.8. The maximum Gasteiger partial charge on any atom is 0.226 e. The summed E-state index contributed by atoms with van der Waals surface area (Å²) >= 11 is 0. The smallest absolute Gasteiger partial charge is 0.226 e. The van der Waals surface area contributed by atoms with Gasteiger partial charge in [0.2, 0.25) is 17.7 Å². The van der Waals surface area contributed by atoms with Crippen molar-refractivity contribution in [2.45, 2.75) is 150 Å². The van der Waals surface area contributed by atoms with Crippen LogP contribution in [0.2, 0.25) is 0 Å². The first-order chi connectivity index (χ1) is 25.6. The average Bonchev–Trinajstić information content (AvgIpc) is 3.62. The molecule has 3 amide bonds. The minimum Gasteiger partial charge on any atom is -0.379 e. The summed E-state index contributed by atoms with van der Waals surface area (Å²) in [4.78, 5) is 72.7. The number of methoxy groups -OCH3 is 2. The zero-order valence-corrected chi connectivity index (χ0v) is 36.5. The van der Waals surface area contributed by atoms with Gasteiger partial charge in [-0.25, -0.2) is 0 Å². The summed E-state index contributed by atoms with van der Waals surface area (Å²) in [5.74, 6) is -2.26. The molecule has 2 rings (SSSR count). The number of likely N-dealkylation sites (tertiary alicyclic amines) is 1. The van der Waals surface area contributed by atoms with Gasteiger partial charge in [-0.05, 0) is 78.3 Å². The molecule has 11 nitrogen and oxygen atoms in total. The Kier molecular flexibility index (Phi) is 18.7. The van der Waals surface area contributed by atoms with Crippen LogP contribution in [0.15, 0.2) is 30.3 Å². The molecule has 0 spiro atoms. The second-order valence-corrected chi connectivity index (χ2v) is 17.7. The summed E-state index contributed by atoms with van der Waals surface area (Å²) in [5.41, 5.74) is -0.229. The third-order valence-corrected chi connectivity index (χ3v) is 11.8. The monoisotopic (exact) mass is 771 g/mol. The fourth-order valence-electron chi connectivity index (χ4n) is 7.86. The number of hydrogen-bond acceptors (Lipinski definition) is 8. The number of benzene rings is 1. The molecule has 312 valence electrons. The van der Waals surface area contributed by atoms with Gasteiger partial charge in [0.15, 0.2) is 5.78 Å². The fourth-order valence-corrected chi connectivity index (χ4v) is 7.86. The lowest BCUT2D eigenvalue weighted by Crippen LogP contribution is -2.54. The number of ether oxygens (including phenoxy) is 2. The number of nitrogens with zero attached hydrogens (tertiary/aromatic N) is 2. The molecule has 11 heteroatoms. The lowest BCUT2D eigenvalue weighted by atomic mass is 9.83. The maximum absolute atomic E-state index is 14.3. The molecule has 0 radical (unpaired) electrons. The highest BCUT2D eigenvalue weighted by Crippen LogP contribution is 2.32. The normalized spacial score (nSPS) is 18.9. The topological polar surface area (TPSA) is 134 Å². The van der Waals surface area contributed by atoms with Gasteiger partial charge in [-0.1, -0.05) is 71.4 Å². The Hall–Kier alpha value is -3.15. The number of carbonyl (C=O) groups is 5. The predicted octanol–water partition coefficient (Wildman–Crippen LogP) is 5.87. The van der Waals surface area contributed by atoms with Gasteiger partial charge >= 0.3 is 0 Å².